The van der Waals surface area contributed by atoms with Crippen molar-refractivity contribution in [2.75, 3.05) is 27.3 Å². The molecule has 0 aromatic heterocycles. The van der Waals surface area contributed by atoms with Gasteiger partial charge in [-0.05, 0) is 71.5 Å². The molecule has 1 unspecified atom stereocenters. The van der Waals surface area contributed by atoms with Gasteiger partial charge in [-0.2, -0.15) is 0 Å². The van der Waals surface area contributed by atoms with Crippen LogP contribution in [0.3, 0.4) is 0 Å². The predicted octanol–water partition coefficient (Wildman–Crippen LogP) is 5.59. The molecule has 0 spiro atoms. The van der Waals surface area contributed by atoms with Crippen molar-refractivity contribution < 1.29 is 27.5 Å². The van der Waals surface area contributed by atoms with Crippen LogP contribution in [0.4, 0.5) is 0 Å². The van der Waals surface area contributed by atoms with Crippen LogP contribution in [0.25, 0.3) is 0 Å². The first-order valence-electron chi connectivity index (χ1n) is 15.8. The van der Waals surface area contributed by atoms with Crippen molar-refractivity contribution in [3.63, 3.8) is 0 Å². The molecule has 254 valence electrons. The lowest BCUT2D eigenvalue weighted by Crippen LogP contribution is -2.50. The SMILES string of the molecule is CCNS(=O)(=O)c1ccc(CCC(=O)N(Cc2ccc(Cl)cc2)C(Cc2ccccc2)C(=O)NCCc2ccc(OC)c(OC)c2)cc1. The largest absolute Gasteiger partial charge is 0.493 e. The Morgan fingerprint density at radius 1 is 0.792 bits per heavy atom. The van der Waals surface area contributed by atoms with Crippen molar-refractivity contribution in [3.8, 4) is 11.5 Å². The number of nitrogens with zero attached hydrogens (tertiary/aromatic N) is 1. The van der Waals surface area contributed by atoms with Gasteiger partial charge in [-0.15, -0.1) is 0 Å². The molecule has 0 aliphatic heterocycles. The van der Waals surface area contributed by atoms with Gasteiger partial charge >= 0.3 is 0 Å². The molecule has 0 fully saturated rings. The number of aryl methyl sites for hydroxylation is 1. The molecule has 0 bridgehead atoms. The van der Waals surface area contributed by atoms with E-state index in [4.69, 9.17) is 21.1 Å². The minimum atomic E-state index is -3.58. The molecule has 2 amide bonds. The Labute approximate surface area is 288 Å². The van der Waals surface area contributed by atoms with Crippen LogP contribution in [0.15, 0.2) is 102 Å². The molecule has 0 heterocycles. The Bertz CT molecular complexity index is 1750. The van der Waals surface area contributed by atoms with Crippen molar-refractivity contribution in [2.24, 2.45) is 0 Å². The van der Waals surface area contributed by atoms with Gasteiger partial charge in [0.15, 0.2) is 11.5 Å². The van der Waals surface area contributed by atoms with E-state index in [1.165, 1.54) is 12.1 Å². The number of carbonyl (C=O) groups is 2. The van der Waals surface area contributed by atoms with Crippen LogP contribution in [0.1, 0.15) is 35.6 Å². The highest BCUT2D eigenvalue weighted by Crippen LogP contribution is 2.27. The third kappa shape index (κ3) is 10.3. The number of halogens is 1. The van der Waals surface area contributed by atoms with E-state index in [2.05, 4.69) is 10.0 Å². The van der Waals surface area contributed by atoms with Crippen LogP contribution in [-0.4, -0.2) is 58.5 Å². The Hall–Kier alpha value is -4.38. The molecule has 0 aliphatic carbocycles. The second-order valence-electron chi connectivity index (χ2n) is 11.2. The summed E-state index contributed by atoms with van der Waals surface area (Å²) in [6.07, 6.45) is 1.36. The van der Waals surface area contributed by atoms with Crippen LogP contribution < -0.4 is 19.5 Å². The monoisotopic (exact) mass is 691 g/mol. The zero-order valence-electron chi connectivity index (χ0n) is 27.4. The van der Waals surface area contributed by atoms with Crippen LogP contribution in [-0.2, 0) is 45.4 Å². The standard InChI is InChI=1S/C37H42ClN3O6S/c1-4-40-48(44,45)32-18-12-27(13-19-32)15-21-36(42)41(26-30-10-16-31(38)17-11-30)33(24-28-8-6-5-7-9-28)37(43)39-23-22-29-14-20-34(46-2)35(25-29)47-3/h5-14,16-20,25,33,40H,4,15,21-24,26H2,1-3H3,(H,39,43). The average Bonchev–Trinajstić information content (AvgIpc) is 3.10. The van der Waals surface area contributed by atoms with Gasteiger partial charge in [0.05, 0.1) is 19.1 Å². The molecule has 0 saturated carbocycles. The molecule has 1 atom stereocenters. The first-order chi connectivity index (χ1) is 23.1. The van der Waals surface area contributed by atoms with Crippen LogP contribution in [0.5, 0.6) is 11.5 Å². The summed E-state index contributed by atoms with van der Waals surface area (Å²) in [5.74, 6) is 0.765. The molecule has 2 N–H and O–H groups in total. The van der Waals surface area contributed by atoms with Gasteiger partial charge in [0, 0.05) is 37.5 Å². The van der Waals surface area contributed by atoms with Gasteiger partial charge in [-0.3, -0.25) is 9.59 Å². The average molecular weight is 692 g/mol. The summed E-state index contributed by atoms with van der Waals surface area (Å²) in [5, 5.41) is 3.64. The van der Waals surface area contributed by atoms with Crippen molar-refractivity contribution in [1.29, 1.82) is 0 Å². The van der Waals surface area contributed by atoms with Crippen LogP contribution in [0, 0.1) is 0 Å². The number of hydrogen-bond acceptors (Lipinski definition) is 6. The zero-order chi connectivity index (χ0) is 34.5. The quantitative estimate of drug-likeness (QED) is 0.149. The molecule has 4 aromatic carbocycles. The molecule has 4 rings (SSSR count). The van der Waals surface area contributed by atoms with Gasteiger partial charge in [-0.25, -0.2) is 13.1 Å². The molecule has 0 saturated heterocycles. The number of benzene rings is 4. The van der Waals surface area contributed by atoms with Crippen LogP contribution >= 0.6 is 11.6 Å². The van der Waals surface area contributed by atoms with E-state index in [1.54, 1.807) is 50.3 Å². The minimum absolute atomic E-state index is 0.122. The lowest BCUT2D eigenvalue weighted by molar-refractivity contribution is -0.141. The number of rotatable bonds is 17. The second kappa shape index (κ2) is 17.7. The summed E-state index contributed by atoms with van der Waals surface area (Å²) in [5.41, 5.74) is 3.53. The summed E-state index contributed by atoms with van der Waals surface area (Å²) >= 11 is 6.15. The topological polar surface area (TPSA) is 114 Å². The van der Waals surface area contributed by atoms with E-state index in [0.717, 1.165) is 22.3 Å². The number of amides is 2. The highest BCUT2D eigenvalue weighted by Gasteiger charge is 2.30. The molecular weight excluding hydrogens is 650 g/mol. The smallest absolute Gasteiger partial charge is 0.243 e. The maximum atomic E-state index is 14.0. The second-order valence-corrected chi connectivity index (χ2v) is 13.4. The molecule has 0 radical (unpaired) electrons. The summed E-state index contributed by atoms with van der Waals surface area (Å²) in [6.45, 7) is 2.56. The highest BCUT2D eigenvalue weighted by atomic mass is 35.5. The van der Waals surface area contributed by atoms with Gasteiger partial charge in [0.1, 0.15) is 6.04 Å². The fourth-order valence-corrected chi connectivity index (χ4v) is 6.50. The van der Waals surface area contributed by atoms with Gasteiger partial charge in [0.25, 0.3) is 0 Å². The van der Waals surface area contributed by atoms with Crippen molar-refractivity contribution >= 4 is 33.4 Å². The predicted molar refractivity (Wildman–Crippen MR) is 188 cm³/mol. The summed E-state index contributed by atoms with van der Waals surface area (Å²) in [6, 6.07) is 28.2. The zero-order valence-corrected chi connectivity index (χ0v) is 29.0. The van der Waals surface area contributed by atoms with E-state index in [-0.39, 0.29) is 36.2 Å². The van der Waals surface area contributed by atoms with E-state index in [9.17, 15) is 18.0 Å². The van der Waals surface area contributed by atoms with E-state index >= 15 is 0 Å². The number of nitrogens with one attached hydrogen (secondary N) is 2. The lowest BCUT2D eigenvalue weighted by Gasteiger charge is -2.32. The molecular formula is C37H42ClN3O6S. The molecule has 11 heteroatoms. The summed E-state index contributed by atoms with van der Waals surface area (Å²) in [4.78, 5) is 29.8. The van der Waals surface area contributed by atoms with E-state index < -0.39 is 16.1 Å². The Morgan fingerprint density at radius 2 is 1.44 bits per heavy atom. The molecule has 4 aromatic rings. The number of sulfonamides is 1. The van der Waals surface area contributed by atoms with Gasteiger partial charge < -0.3 is 19.7 Å². The van der Waals surface area contributed by atoms with Gasteiger partial charge in [0.2, 0.25) is 21.8 Å². The fourth-order valence-electron chi connectivity index (χ4n) is 5.33. The number of hydrogen-bond donors (Lipinski definition) is 2. The van der Waals surface area contributed by atoms with Crippen molar-refractivity contribution in [3.05, 3.63) is 124 Å². The lowest BCUT2D eigenvalue weighted by atomic mass is 10.0. The first-order valence-corrected chi connectivity index (χ1v) is 17.6. The van der Waals surface area contributed by atoms with E-state index in [1.807, 2.05) is 60.7 Å². The third-order valence-electron chi connectivity index (χ3n) is 7.89. The number of methoxy groups -OCH3 is 2. The normalized spacial score (nSPS) is 11.8. The molecule has 48 heavy (non-hydrogen) atoms. The van der Waals surface area contributed by atoms with E-state index in [0.29, 0.717) is 42.3 Å². The minimum Gasteiger partial charge on any atom is -0.493 e. The number of ether oxygens (including phenoxy) is 2. The Balaban J connectivity index is 1.56. The fraction of sp³-hybridized carbons (Fsp3) is 0.297. The van der Waals surface area contributed by atoms with Crippen molar-refractivity contribution in [1.82, 2.24) is 14.9 Å². The maximum Gasteiger partial charge on any atom is 0.243 e. The molecule has 9 nitrogen and oxygen atoms in total. The van der Waals surface area contributed by atoms with Crippen molar-refractivity contribution in [2.45, 2.75) is 50.1 Å². The van der Waals surface area contributed by atoms with Crippen LogP contribution in [0.2, 0.25) is 5.02 Å². The number of carbonyl (C=O) groups excluding carboxylic acids is 2. The first kappa shape index (κ1) is 36.5. The Morgan fingerprint density at radius 3 is 2.08 bits per heavy atom. The Kier molecular flexibility index (Phi) is 13.4. The maximum absolute atomic E-state index is 14.0. The van der Waals surface area contributed by atoms with Gasteiger partial charge in [-0.1, -0.05) is 79.2 Å². The summed E-state index contributed by atoms with van der Waals surface area (Å²) in [7, 11) is -0.426. The third-order valence-corrected chi connectivity index (χ3v) is 9.71. The molecule has 0 aliphatic rings. The highest BCUT2D eigenvalue weighted by molar-refractivity contribution is 7.89. The summed E-state index contributed by atoms with van der Waals surface area (Å²) < 4.78 is 38.0.